The molecule has 1 aromatic carbocycles. The molecule has 2 aromatic rings. The number of alkyl halides is 3. The van der Waals surface area contributed by atoms with Crippen LogP contribution in [0.5, 0.6) is 0 Å². The van der Waals surface area contributed by atoms with Crippen molar-refractivity contribution in [3.05, 3.63) is 54.8 Å². The number of hydrogen-bond donors (Lipinski definition) is 2. The van der Waals surface area contributed by atoms with E-state index in [1.54, 1.807) is 13.0 Å². The van der Waals surface area contributed by atoms with Crippen LogP contribution in [0.3, 0.4) is 0 Å². The molecule has 1 aliphatic rings. The Bertz CT molecular complexity index is 1070. The second-order valence-electron chi connectivity index (χ2n) is 6.43. The predicted octanol–water partition coefficient (Wildman–Crippen LogP) is 2.62. The van der Waals surface area contributed by atoms with E-state index in [1.807, 2.05) is 0 Å². The second kappa shape index (κ2) is 6.78. The summed E-state index contributed by atoms with van der Waals surface area (Å²) in [6.45, 7) is 1.65. The van der Waals surface area contributed by atoms with Gasteiger partial charge in [-0.2, -0.15) is 13.2 Å². The molecule has 0 saturated heterocycles. The number of nitrogens with zero attached hydrogens (tertiary/aromatic N) is 2. The molecule has 0 saturated carbocycles. The topological polar surface area (TPSA) is 93.3 Å². The third-order valence-corrected chi connectivity index (χ3v) is 6.23. The van der Waals surface area contributed by atoms with Gasteiger partial charge in [-0.15, -0.1) is 0 Å². The van der Waals surface area contributed by atoms with Crippen molar-refractivity contribution in [1.82, 2.24) is 13.9 Å². The lowest BCUT2D eigenvalue weighted by molar-refractivity contribution is -0.144. The van der Waals surface area contributed by atoms with Gasteiger partial charge >= 0.3 is 17.8 Å². The lowest BCUT2D eigenvalue weighted by Gasteiger charge is -2.23. The van der Waals surface area contributed by atoms with Crippen LogP contribution in [0.15, 0.2) is 37.2 Å². The van der Waals surface area contributed by atoms with Gasteiger partial charge in [-0.05, 0) is 58.6 Å². The Morgan fingerprint density at radius 3 is 2.57 bits per heavy atom. The average molecular weight is 480 g/mol. The van der Waals surface area contributed by atoms with Crippen LogP contribution in [0.4, 0.5) is 13.2 Å². The normalized spacial score (nSPS) is 18.9. The highest BCUT2D eigenvalue weighted by molar-refractivity contribution is 9.10. The maximum atomic E-state index is 13.2. The lowest BCUT2D eigenvalue weighted by atomic mass is 9.89. The monoisotopic (exact) mass is 479 g/mol. The van der Waals surface area contributed by atoms with Crippen LogP contribution in [-0.2, 0) is 23.6 Å². The van der Waals surface area contributed by atoms with Crippen LogP contribution in [-0.4, -0.2) is 20.2 Å². The minimum Gasteiger partial charge on any atom is -0.481 e. The summed E-state index contributed by atoms with van der Waals surface area (Å²) in [6.07, 6.45) is -5.16. The molecule has 2 heterocycles. The molecule has 1 aromatic heterocycles. The smallest absolute Gasteiger partial charge is 0.432 e. The fraction of sp³-hybridized carbons (Fsp3) is 0.312. The van der Waals surface area contributed by atoms with E-state index in [-0.39, 0.29) is 12.1 Å². The molecule has 12 heteroatoms. The fourth-order valence-corrected chi connectivity index (χ4v) is 4.77. The highest BCUT2D eigenvalue weighted by Crippen LogP contribution is 2.42. The maximum Gasteiger partial charge on any atom is 0.432 e. The first-order valence-corrected chi connectivity index (χ1v) is 9.37. The van der Waals surface area contributed by atoms with E-state index in [9.17, 15) is 27.6 Å². The number of aliphatic carboxylic acids is 1. The van der Waals surface area contributed by atoms with Crippen LogP contribution >= 0.6 is 27.9 Å². The Morgan fingerprint density at radius 1 is 1.36 bits per heavy atom. The van der Waals surface area contributed by atoms with Gasteiger partial charge in [0, 0.05) is 11.9 Å². The Balaban J connectivity index is 2.25. The van der Waals surface area contributed by atoms with E-state index in [1.165, 1.54) is 24.1 Å². The van der Waals surface area contributed by atoms with Gasteiger partial charge in [-0.25, -0.2) is 14.1 Å². The van der Waals surface area contributed by atoms with Crippen molar-refractivity contribution in [2.24, 2.45) is 7.05 Å². The Labute approximate surface area is 168 Å². The zero-order valence-corrected chi connectivity index (χ0v) is 16.8. The number of carboxylic acids is 1. The standard InChI is InChI=1S/C16H13BrF3N3O4S/c1-15(6-10(24)25)8-5-7(3-4-9(8)28-21-15)23-13(26)11(17)12(16(18,19)20)22(2)14(23)27/h3-5,21H,6H2,1-2H3,(H,24,25). The molecule has 150 valence electrons. The van der Waals surface area contributed by atoms with E-state index in [0.29, 0.717) is 19.6 Å². The number of carbonyl (C=O) groups is 1. The molecule has 0 aliphatic carbocycles. The van der Waals surface area contributed by atoms with Crippen LogP contribution < -0.4 is 16.0 Å². The molecule has 7 nitrogen and oxygen atoms in total. The summed E-state index contributed by atoms with van der Waals surface area (Å²) in [6, 6.07) is 4.43. The zero-order chi connectivity index (χ0) is 21.0. The minimum atomic E-state index is -4.90. The summed E-state index contributed by atoms with van der Waals surface area (Å²) in [7, 11) is 0.922. The van der Waals surface area contributed by atoms with Crippen molar-refractivity contribution < 1.29 is 23.1 Å². The summed E-state index contributed by atoms with van der Waals surface area (Å²) in [5.74, 6) is -1.06. The van der Waals surface area contributed by atoms with Crippen LogP contribution in [0.25, 0.3) is 5.69 Å². The summed E-state index contributed by atoms with van der Waals surface area (Å²) in [5, 5.41) is 9.15. The van der Waals surface area contributed by atoms with Gasteiger partial charge in [0.25, 0.3) is 5.56 Å². The molecule has 0 bridgehead atoms. The number of rotatable bonds is 3. The quantitative estimate of drug-likeness (QED) is 0.657. The predicted molar refractivity (Wildman–Crippen MR) is 98.6 cm³/mol. The lowest BCUT2D eigenvalue weighted by Crippen LogP contribution is -2.42. The molecule has 1 atom stereocenters. The third kappa shape index (κ3) is 3.29. The maximum absolute atomic E-state index is 13.2. The Kier molecular flexibility index (Phi) is 5.01. The molecule has 0 amide bonds. The van der Waals surface area contributed by atoms with E-state index in [4.69, 9.17) is 5.11 Å². The van der Waals surface area contributed by atoms with Crippen molar-refractivity contribution in [2.75, 3.05) is 0 Å². The van der Waals surface area contributed by atoms with Gasteiger partial charge in [0.2, 0.25) is 0 Å². The number of carboxylic acid groups (broad SMARTS) is 1. The largest absolute Gasteiger partial charge is 0.481 e. The van der Waals surface area contributed by atoms with Gasteiger partial charge in [-0.3, -0.25) is 14.2 Å². The van der Waals surface area contributed by atoms with Crippen molar-refractivity contribution >= 4 is 33.8 Å². The fourth-order valence-electron chi connectivity index (χ4n) is 3.06. The molecule has 2 N–H and O–H groups in total. The van der Waals surface area contributed by atoms with Gasteiger partial charge < -0.3 is 5.11 Å². The number of nitrogens with one attached hydrogen (secondary N) is 1. The van der Waals surface area contributed by atoms with E-state index in [2.05, 4.69) is 20.7 Å². The SMILES string of the molecule is Cn1c(C(F)(F)F)c(Br)c(=O)n(-c2ccc3c(c2)C(C)(CC(=O)O)NS3)c1=O. The molecule has 0 radical (unpaired) electrons. The van der Waals surface area contributed by atoms with Gasteiger partial charge in [0.05, 0.1) is 17.6 Å². The summed E-state index contributed by atoms with van der Waals surface area (Å²) < 4.78 is 42.8. The van der Waals surface area contributed by atoms with Gasteiger partial charge in [0.1, 0.15) is 10.2 Å². The number of fused-ring (bicyclic) bond motifs is 1. The molecule has 28 heavy (non-hydrogen) atoms. The zero-order valence-electron chi connectivity index (χ0n) is 14.4. The summed E-state index contributed by atoms with van der Waals surface area (Å²) >= 11 is 3.86. The van der Waals surface area contributed by atoms with Crippen molar-refractivity contribution in [3.8, 4) is 5.69 Å². The minimum absolute atomic E-state index is 0.0414. The second-order valence-corrected chi connectivity index (χ2v) is 8.07. The van der Waals surface area contributed by atoms with E-state index < -0.39 is 39.1 Å². The molecular formula is C16H13BrF3N3O4S. The molecular weight excluding hydrogens is 467 g/mol. The number of halogens is 4. The van der Waals surface area contributed by atoms with E-state index >= 15 is 0 Å². The van der Waals surface area contributed by atoms with Crippen LogP contribution in [0.2, 0.25) is 0 Å². The Morgan fingerprint density at radius 2 is 2.00 bits per heavy atom. The first-order valence-electron chi connectivity index (χ1n) is 7.76. The number of hydrogen-bond acceptors (Lipinski definition) is 5. The molecule has 0 fully saturated rings. The first-order chi connectivity index (χ1) is 12.9. The van der Waals surface area contributed by atoms with Crippen molar-refractivity contribution in [1.29, 1.82) is 0 Å². The summed E-state index contributed by atoms with van der Waals surface area (Å²) in [5.41, 5.74) is -4.11. The van der Waals surface area contributed by atoms with Crippen LogP contribution in [0, 0.1) is 0 Å². The van der Waals surface area contributed by atoms with Crippen molar-refractivity contribution in [3.63, 3.8) is 0 Å². The van der Waals surface area contributed by atoms with Gasteiger partial charge in [0.15, 0.2) is 0 Å². The molecule has 1 aliphatic heterocycles. The van der Waals surface area contributed by atoms with Crippen LogP contribution in [0.1, 0.15) is 24.6 Å². The molecule has 0 spiro atoms. The number of aromatic nitrogens is 2. The van der Waals surface area contributed by atoms with E-state index in [0.717, 1.165) is 7.05 Å². The first kappa shape index (κ1) is 20.7. The summed E-state index contributed by atoms with van der Waals surface area (Å²) in [4.78, 5) is 37.0. The molecule has 1 unspecified atom stereocenters. The highest BCUT2D eigenvalue weighted by Gasteiger charge is 2.40. The van der Waals surface area contributed by atoms with Crippen molar-refractivity contribution in [2.45, 2.75) is 30.0 Å². The Hall–Kier alpha value is -2.05. The number of benzene rings is 1. The third-order valence-electron chi connectivity index (χ3n) is 4.39. The van der Waals surface area contributed by atoms with Gasteiger partial charge in [-0.1, -0.05) is 0 Å². The molecule has 3 rings (SSSR count). The highest BCUT2D eigenvalue weighted by atomic mass is 79.9. The average Bonchev–Trinajstić information content (AvgIpc) is 2.88.